The first-order chi connectivity index (χ1) is 16.1. The van der Waals surface area contributed by atoms with Crippen LogP contribution in [0.2, 0.25) is 0 Å². The van der Waals surface area contributed by atoms with Crippen LogP contribution in [-0.4, -0.2) is 40.3 Å². The third-order valence-corrected chi connectivity index (χ3v) is 5.51. The molecule has 0 bridgehead atoms. The zero-order valence-electron chi connectivity index (χ0n) is 18.4. The van der Waals surface area contributed by atoms with Gasteiger partial charge in [-0.25, -0.2) is 4.79 Å². The highest BCUT2D eigenvalue weighted by atomic mass is 16.5. The molecule has 7 heteroatoms. The van der Waals surface area contributed by atoms with Gasteiger partial charge in [0.05, 0.1) is 17.7 Å². The lowest BCUT2D eigenvalue weighted by Gasteiger charge is -2.18. The third kappa shape index (κ3) is 5.09. The summed E-state index contributed by atoms with van der Waals surface area (Å²) in [4.78, 5) is 44.7. The summed E-state index contributed by atoms with van der Waals surface area (Å²) in [6.07, 6.45) is 3.70. The van der Waals surface area contributed by atoms with E-state index in [0.29, 0.717) is 25.1 Å². The summed E-state index contributed by atoms with van der Waals surface area (Å²) in [6.45, 7) is 2.75. The lowest BCUT2D eigenvalue weighted by Crippen LogP contribution is -2.43. The Morgan fingerprint density at radius 3 is 2.58 bits per heavy atom. The zero-order valence-corrected chi connectivity index (χ0v) is 18.4. The summed E-state index contributed by atoms with van der Waals surface area (Å²) >= 11 is 0. The van der Waals surface area contributed by atoms with Crippen LogP contribution in [0, 0.1) is 0 Å². The minimum Gasteiger partial charge on any atom is -0.464 e. The summed E-state index contributed by atoms with van der Waals surface area (Å²) < 4.78 is 5.18. The van der Waals surface area contributed by atoms with Crippen molar-refractivity contribution in [2.75, 3.05) is 6.61 Å². The van der Waals surface area contributed by atoms with Gasteiger partial charge in [0.15, 0.2) is 0 Å². The van der Waals surface area contributed by atoms with Crippen molar-refractivity contribution in [2.24, 2.45) is 0 Å². The second kappa shape index (κ2) is 10.1. The Hall–Kier alpha value is -4.00. The van der Waals surface area contributed by atoms with E-state index in [2.05, 4.69) is 10.3 Å². The molecule has 0 radical (unpaired) electrons. The first-order valence-corrected chi connectivity index (χ1v) is 10.9. The van der Waals surface area contributed by atoms with Crippen LogP contribution in [0.3, 0.4) is 0 Å². The Kier molecular flexibility index (Phi) is 6.78. The summed E-state index contributed by atoms with van der Waals surface area (Å²) in [5, 5.41) is 2.79. The van der Waals surface area contributed by atoms with Crippen molar-refractivity contribution in [3.8, 4) is 0 Å². The van der Waals surface area contributed by atoms with Gasteiger partial charge in [-0.2, -0.15) is 0 Å². The van der Waals surface area contributed by atoms with Gasteiger partial charge in [0.1, 0.15) is 6.04 Å². The second-order valence-electron chi connectivity index (χ2n) is 7.83. The van der Waals surface area contributed by atoms with Crippen molar-refractivity contribution in [3.63, 3.8) is 0 Å². The summed E-state index contributed by atoms with van der Waals surface area (Å²) in [5.74, 6) is -1.19. The summed E-state index contributed by atoms with van der Waals surface area (Å²) in [5.41, 5.74) is 3.23. The maximum absolute atomic E-state index is 13.2. The van der Waals surface area contributed by atoms with Gasteiger partial charge in [0.2, 0.25) is 0 Å². The predicted octanol–water partition coefficient (Wildman–Crippen LogP) is 3.14. The average molecular weight is 444 g/mol. The highest BCUT2D eigenvalue weighted by Gasteiger charge is 2.33. The zero-order chi connectivity index (χ0) is 23.2. The van der Waals surface area contributed by atoms with E-state index >= 15 is 0 Å². The molecule has 1 aliphatic heterocycles. The molecule has 168 valence electrons. The highest BCUT2D eigenvalue weighted by Crippen LogP contribution is 2.27. The molecule has 1 aliphatic rings. The molecule has 0 saturated heterocycles. The Labute approximate surface area is 192 Å². The number of hydrogen-bond acceptors (Lipinski definition) is 5. The van der Waals surface area contributed by atoms with Crippen LogP contribution in [0.5, 0.6) is 0 Å². The van der Waals surface area contributed by atoms with Gasteiger partial charge in [0.25, 0.3) is 11.8 Å². The van der Waals surface area contributed by atoms with Crippen molar-refractivity contribution in [2.45, 2.75) is 32.5 Å². The van der Waals surface area contributed by atoms with Crippen LogP contribution in [-0.2, 0) is 29.0 Å². The smallest absolute Gasteiger partial charge is 0.328 e. The van der Waals surface area contributed by atoms with Gasteiger partial charge < -0.3 is 15.0 Å². The van der Waals surface area contributed by atoms with Crippen LogP contribution >= 0.6 is 0 Å². The van der Waals surface area contributed by atoms with Crippen molar-refractivity contribution in [3.05, 3.63) is 101 Å². The fraction of sp³-hybridized carbons (Fsp3) is 0.231. The maximum Gasteiger partial charge on any atom is 0.328 e. The van der Waals surface area contributed by atoms with Crippen LogP contribution in [0.4, 0.5) is 0 Å². The SMILES string of the molecule is CCOC(=O)[C@H](Cc1ccccc1)NC(=O)c1cccc2c1C(=O)N(Cc1cccnc1)C2. The average Bonchev–Trinajstić information content (AvgIpc) is 3.15. The van der Waals surface area contributed by atoms with Crippen molar-refractivity contribution < 1.29 is 19.1 Å². The molecule has 0 unspecified atom stereocenters. The normalized spacial score (nSPS) is 13.4. The number of carbonyl (C=O) groups excluding carboxylic acids is 3. The van der Waals surface area contributed by atoms with E-state index in [1.165, 1.54) is 0 Å². The van der Waals surface area contributed by atoms with Crippen molar-refractivity contribution in [1.82, 2.24) is 15.2 Å². The Bertz CT molecular complexity index is 1150. The molecule has 0 aliphatic carbocycles. The number of carbonyl (C=O) groups is 3. The number of esters is 1. The van der Waals surface area contributed by atoms with E-state index in [0.717, 1.165) is 16.7 Å². The number of benzene rings is 2. The molecular formula is C26H25N3O4. The third-order valence-electron chi connectivity index (χ3n) is 5.51. The Balaban J connectivity index is 1.54. The fourth-order valence-electron chi connectivity index (χ4n) is 3.97. The Morgan fingerprint density at radius 1 is 1.06 bits per heavy atom. The van der Waals surface area contributed by atoms with Crippen molar-refractivity contribution >= 4 is 17.8 Å². The van der Waals surface area contributed by atoms with Gasteiger partial charge in [-0.3, -0.25) is 14.6 Å². The molecule has 33 heavy (non-hydrogen) atoms. The maximum atomic E-state index is 13.2. The molecule has 0 fully saturated rings. The minimum absolute atomic E-state index is 0.211. The standard InChI is InChI=1S/C26H25N3O4/c1-2-33-26(32)22(14-18-8-4-3-5-9-18)28-24(30)21-12-6-11-20-17-29(25(31)23(20)21)16-19-10-7-13-27-15-19/h3-13,15,22H,2,14,16-17H2,1H3,(H,28,30)/t22-/m0/s1. The molecule has 7 nitrogen and oxygen atoms in total. The number of nitrogens with zero attached hydrogens (tertiary/aromatic N) is 2. The number of aromatic nitrogens is 1. The van der Waals surface area contributed by atoms with Crippen LogP contribution in [0.15, 0.2) is 73.1 Å². The number of ether oxygens (including phenoxy) is 1. The molecule has 0 saturated carbocycles. The van der Waals surface area contributed by atoms with Crippen LogP contribution < -0.4 is 5.32 Å². The molecule has 3 aromatic rings. The molecule has 1 aromatic heterocycles. The Morgan fingerprint density at radius 2 is 1.85 bits per heavy atom. The van der Waals surface area contributed by atoms with E-state index in [9.17, 15) is 14.4 Å². The fourth-order valence-corrected chi connectivity index (χ4v) is 3.97. The number of nitrogens with one attached hydrogen (secondary N) is 1. The molecule has 2 heterocycles. The largest absolute Gasteiger partial charge is 0.464 e. The van der Waals surface area contributed by atoms with Gasteiger partial charge in [-0.1, -0.05) is 48.5 Å². The topological polar surface area (TPSA) is 88.6 Å². The lowest BCUT2D eigenvalue weighted by molar-refractivity contribution is -0.145. The first-order valence-electron chi connectivity index (χ1n) is 10.9. The second-order valence-corrected chi connectivity index (χ2v) is 7.83. The lowest BCUT2D eigenvalue weighted by atomic mass is 10.0. The van der Waals surface area contributed by atoms with Gasteiger partial charge >= 0.3 is 5.97 Å². The van der Waals surface area contributed by atoms with E-state index in [1.807, 2.05) is 48.5 Å². The van der Waals surface area contributed by atoms with Gasteiger partial charge in [-0.15, -0.1) is 0 Å². The minimum atomic E-state index is -0.862. The monoisotopic (exact) mass is 443 g/mol. The van der Waals surface area contributed by atoms with Gasteiger partial charge in [-0.05, 0) is 35.7 Å². The van der Waals surface area contributed by atoms with E-state index < -0.39 is 17.9 Å². The molecule has 4 rings (SSSR count). The number of fused-ring (bicyclic) bond motifs is 1. The van der Waals surface area contributed by atoms with Crippen LogP contribution in [0.25, 0.3) is 0 Å². The van der Waals surface area contributed by atoms with Gasteiger partial charge in [0, 0.05) is 31.9 Å². The predicted molar refractivity (Wildman–Crippen MR) is 122 cm³/mol. The quantitative estimate of drug-likeness (QED) is 0.541. The van der Waals surface area contributed by atoms with Crippen molar-refractivity contribution in [1.29, 1.82) is 0 Å². The number of rotatable bonds is 8. The molecule has 1 atom stereocenters. The molecular weight excluding hydrogens is 418 g/mol. The molecule has 1 N–H and O–H groups in total. The highest BCUT2D eigenvalue weighted by molar-refractivity contribution is 6.10. The van der Waals surface area contributed by atoms with E-state index in [-0.39, 0.29) is 18.1 Å². The molecule has 2 amide bonds. The van der Waals surface area contributed by atoms with Crippen LogP contribution in [0.1, 0.15) is 44.3 Å². The summed E-state index contributed by atoms with van der Waals surface area (Å²) in [6, 6.07) is 17.5. The number of hydrogen-bond donors (Lipinski definition) is 1. The summed E-state index contributed by atoms with van der Waals surface area (Å²) in [7, 11) is 0. The molecule has 0 spiro atoms. The van der Waals surface area contributed by atoms with E-state index in [1.54, 1.807) is 36.4 Å². The first kappa shape index (κ1) is 22.2. The number of pyridine rings is 1. The van der Waals surface area contributed by atoms with E-state index in [4.69, 9.17) is 4.74 Å². The molecule has 2 aromatic carbocycles. The number of amides is 2.